The van der Waals surface area contributed by atoms with Crippen molar-refractivity contribution in [2.45, 2.75) is 26.4 Å². The Hall–Kier alpha value is -1.59. The number of nitriles is 1. The predicted octanol–water partition coefficient (Wildman–Crippen LogP) is 3.67. The maximum atomic E-state index is 8.79. The molecule has 0 amide bonds. The molecule has 0 aliphatic heterocycles. The monoisotopic (exact) mass is 440 g/mol. The third kappa shape index (κ3) is 6.20. The van der Waals surface area contributed by atoms with Crippen molar-refractivity contribution in [3.63, 3.8) is 0 Å². The number of nitrogens with one attached hydrogen (secondary N) is 2. The normalized spacial score (nSPS) is 10.6. The number of hydrogen-bond donors (Lipinski definition) is 2. The first kappa shape index (κ1) is 19.5. The van der Waals surface area contributed by atoms with E-state index in [4.69, 9.17) is 5.26 Å². The standard InChI is InChI=1S/C17H20N4S.HI/c1-3-15-8-9-16(22-15)12-21-17(19-2)20-11-14-6-4-13(10-18)5-7-14;/h4-9H,3,11-12H2,1-2H3,(H2,19,20,21);1H. The summed E-state index contributed by atoms with van der Waals surface area (Å²) in [7, 11) is 1.76. The average molecular weight is 440 g/mol. The lowest BCUT2D eigenvalue weighted by molar-refractivity contribution is 0.815. The van der Waals surface area contributed by atoms with Crippen LogP contribution in [0.1, 0.15) is 27.8 Å². The third-order valence-corrected chi connectivity index (χ3v) is 4.49. The SMILES string of the molecule is CCc1ccc(CNC(=NC)NCc2ccc(C#N)cc2)s1.I. The van der Waals surface area contributed by atoms with Gasteiger partial charge < -0.3 is 10.6 Å². The molecular weight excluding hydrogens is 419 g/mol. The summed E-state index contributed by atoms with van der Waals surface area (Å²) in [6.07, 6.45) is 1.08. The molecule has 1 heterocycles. The Bertz CT molecular complexity index is 671. The summed E-state index contributed by atoms with van der Waals surface area (Å²) in [4.78, 5) is 6.93. The molecule has 0 atom stereocenters. The predicted molar refractivity (Wildman–Crippen MR) is 107 cm³/mol. The second-order valence-corrected chi connectivity index (χ2v) is 6.06. The molecule has 0 unspecified atom stereocenters. The maximum absolute atomic E-state index is 8.79. The van der Waals surface area contributed by atoms with E-state index in [9.17, 15) is 0 Å². The van der Waals surface area contributed by atoms with Gasteiger partial charge in [-0.1, -0.05) is 19.1 Å². The molecule has 0 saturated carbocycles. The van der Waals surface area contributed by atoms with Crippen LogP contribution in [0.25, 0.3) is 0 Å². The molecule has 2 N–H and O–H groups in total. The molecule has 0 saturated heterocycles. The van der Waals surface area contributed by atoms with Crippen molar-refractivity contribution < 1.29 is 0 Å². The van der Waals surface area contributed by atoms with Gasteiger partial charge in [0.2, 0.25) is 0 Å². The first-order chi connectivity index (χ1) is 10.7. The lowest BCUT2D eigenvalue weighted by atomic mass is 10.1. The molecule has 122 valence electrons. The summed E-state index contributed by atoms with van der Waals surface area (Å²) < 4.78 is 0. The van der Waals surface area contributed by atoms with E-state index in [2.05, 4.69) is 40.8 Å². The first-order valence-corrected chi connectivity index (χ1v) is 8.08. The lowest BCUT2D eigenvalue weighted by Gasteiger charge is -2.11. The van der Waals surface area contributed by atoms with Gasteiger partial charge in [0.05, 0.1) is 18.2 Å². The van der Waals surface area contributed by atoms with Gasteiger partial charge in [-0.15, -0.1) is 35.3 Å². The summed E-state index contributed by atoms with van der Waals surface area (Å²) in [6.45, 7) is 3.62. The molecular formula is C17H21IN4S. The van der Waals surface area contributed by atoms with Gasteiger partial charge in [-0.25, -0.2) is 0 Å². The van der Waals surface area contributed by atoms with Crippen molar-refractivity contribution in [3.8, 4) is 6.07 Å². The molecule has 0 aliphatic rings. The first-order valence-electron chi connectivity index (χ1n) is 7.26. The number of hydrogen-bond acceptors (Lipinski definition) is 3. The van der Waals surface area contributed by atoms with E-state index < -0.39 is 0 Å². The van der Waals surface area contributed by atoms with Gasteiger partial charge in [0.1, 0.15) is 0 Å². The van der Waals surface area contributed by atoms with E-state index in [1.165, 1.54) is 9.75 Å². The Labute approximate surface area is 158 Å². The van der Waals surface area contributed by atoms with Crippen molar-refractivity contribution in [2.75, 3.05) is 7.05 Å². The molecule has 0 fully saturated rings. The van der Waals surface area contributed by atoms with Crippen molar-refractivity contribution >= 4 is 41.3 Å². The quantitative estimate of drug-likeness (QED) is 0.424. The number of nitrogens with zero attached hydrogens (tertiary/aromatic N) is 2. The van der Waals surface area contributed by atoms with Crippen LogP contribution in [-0.4, -0.2) is 13.0 Å². The van der Waals surface area contributed by atoms with Gasteiger partial charge in [-0.2, -0.15) is 5.26 Å². The van der Waals surface area contributed by atoms with Crippen LogP contribution in [0.15, 0.2) is 41.4 Å². The summed E-state index contributed by atoms with van der Waals surface area (Å²) in [5, 5.41) is 15.4. The van der Waals surface area contributed by atoms with Crippen LogP contribution in [0.3, 0.4) is 0 Å². The van der Waals surface area contributed by atoms with Crippen LogP contribution in [0.5, 0.6) is 0 Å². The molecule has 4 nitrogen and oxygen atoms in total. The van der Waals surface area contributed by atoms with E-state index in [0.717, 1.165) is 24.5 Å². The zero-order chi connectivity index (χ0) is 15.8. The number of guanidine groups is 1. The number of halogens is 1. The van der Waals surface area contributed by atoms with Crippen LogP contribution in [0.4, 0.5) is 0 Å². The van der Waals surface area contributed by atoms with Crippen molar-refractivity contribution in [3.05, 3.63) is 57.3 Å². The third-order valence-electron chi connectivity index (χ3n) is 3.26. The van der Waals surface area contributed by atoms with Crippen LogP contribution in [-0.2, 0) is 19.5 Å². The molecule has 23 heavy (non-hydrogen) atoms. The van der Waals surface area contributed by atoms with Crippen molar-refractivity contribution in [1.82, 2.24) is 10.6 Å². The van der Waals surface area contributed by atoms with E-state index in [1.807, 2.05) is 35.6 Å². The smallest absolute Gasteiger partial charge is 0.191 e. The number of rotatable bonds is 5. The molecule has 0 radical (unpaired) electrons. The number of aliphatic imine (C=N–C) groups is 1. The second-order valence-electron chi connectivity index (χ2n) is 4.81. The highest BCUT2D eigenvalue weighted by Gasteiger charge is 2.02. The second kappa shape index (κ2) is 10.2. The Balaban J connectivity index is 0.00000264. The van der Waals surface area contributed by atoms with Gasteiger partial charge >= 0.3 is 0 Å². The zero-order valence-electron chi connectivity index (χ0n) is 13.3. The fourth-order valence-electron chi connectivity index (χ4n) is 1.98. The van der Waals surface area contributed by atoms with Crippen LogP contribution in [0, 0.1) is 11.3 Å². The molecule has 1 aromatic carbocycles. The van der Waals surface area contributed by atoms with Gasteiger partial charge in [0.25, 0.3) is 0 Å². The molecule has 2 aromatic rings. The summed E-state index contributed by atoms with van der Waals surface area (Å²) in [6, 6.07) is 14.0. The van der Waals surface area contributed by atoms with E-state index in [-0.39, 0.29) is 24.0 Å². The Morgan fingerprint density at radius 3 is 2.30 bits per heavy atom. The maximum Gasteiger partial charge on any atom is 0.191 e. The Morgan fingerprint density at radius 2 is 1.74 bits per heavy atom. The summed E-state index contributed by atoms with van der Waals surface area (Å²) in [5.74, 6) is 0.774. The topological polar surface area (TPSA) is 60.2 Å². The largest absolute Gasteiger partial charge is 0.352 e. The van der Waals surface area contributed by atoms with E-state index in [0.29, 0.717) is 12.1 Å². The zero-order valence-corrected chi connectivity index (χ0v) is 16.4. The van der Waals surface area contributed by atoms with Gasteiger partial charge in [-0.3, -0.25) is 4.99 Å². The molecule has 2 rings (SSSR count). The lowest BCUT2D eigenvalue weighted by Crippen LogP contribution is -2.36. The van der Waals surface area contributed by atoms with Crippen molar-refractivity contribution in [1.29, 1.82) is 5.26 Å². The summed E-state index contributed by atoms with van der Waals surface area (Å²) >= 11 is 1.83. The van der Waals surface area contributed by atoms with Crippen LogP contribution < -0.4 is 10.6 Å². The van der Waals surface area contributed by atoms with E-state index >= 15 is 0 Å². The van der Waals surface area contributed by atoms with Crippen LogP contribution in [0.2, 0.25) is 0 Å². The Kier molecular flexibility index (Phi) is 8.66. The number of aryl methyl sites for hydroxylation is 1. The Morgan fingerprint density at radius 1 is 1.09 bits per heavy atom. The highest BCUT2D eigenvalue weighted by Crippen LogP contribution is 2.16. The molecule has 0 spiro atoms. The fraction of sp³-hybridized carbons (Fsp3) is 0.294. The van der Waals surface area contributed by atoms with Gasteiger partial charge in [0.15, 0.2) is 5.96 Å². The van der Waals surface area contributed by atoms with Gasteiger partial charge in [-0.05, 0) is 36.2 Å². The minimum Gasteiger partial charge on any atom is -0.352 e. The van der Waals surface area contributed by atoms with Crippen molar-refractivity contribution in [2.24, 2.45) is 4.99 Å². The summed E-state index contributed by atoms with van der Waals surface area (Å²) in [5.41, 5.74) is 1.79. The average Bonchev–Trinajstić information content (AvgIpc) is 3.03. The molecule has 0 aliphatic carbocycles. The minimum absolute atomic E-state index is 0. The molecule has 0 bridgehead atoms. The molecule has 6 heteroatoms. The molecule has 1 aromatic heterocycles. The van der Waals surface area contributed by atoms with E-state index in [1.54, 1.807) is 7.05 Å². The van der Waals surface area contributed by atoms with Gasteiger partial charge in [0, 0.05) is 23.3 Å². The van der Waals surface area contributed by atoms with Crippen LogP contribution >= 0.6 is 35.3 Å². The highest BCUT2D eigenvalue weighted by molar-refractivity contribution is 14.0. The fourth-order valence-corrected chi connectivity index (χ4v) is 2.88. The number of thiophene rings is 1. The number of benzene rings is 1. The highest BCUT2D eigenvalue weighted by atomic mass is 127. The minimum atomic E-state index is 0.